The molecule has 3 aromatic rings. The first-order valence-electron chi connectivity index (χ1n) is 8.78. The van der Waals surface area contributed by atoms with Crippen LogP contribution in [0.2, 0.25) is 0 Å². The van der Waals surface area contributed by atoms with Gasteiger partial charge in [0.05, 0.1) is 12.3 Å². The molecule has 0 aliphatic heterocycles. The fraction of sp³-hybridized carbons (Fsp3) is 0.238. The Labute approximate surface area is 154 Å². The summed E-state index contributed by atoms with van der Waals surface area (Å²) < 4.78 is 5.67. The van der Waals surface area contributed by atoms with E-state index in [0.29, 0.717) is 12.4 Å². The van der Waals surface area contributed by atoms with E-state index in [9.17, 15) is 0 Å². The minimum atomic E-state index is 0.616. The van der Waals surface area contributed by atoms with Crippen LogP contribution in [0.25, 0.3) is 0 Å². The zero-order valence-corrected chi connectivity index (χ0v) is 15.4. The van der Waals surface area contributed by atoms with Gasteiger partial charge in [-0.25, -0.2) is 9.97 Å². The van der Waals surface area contributed by atoms with Crippen LogP contribution in [0.5, 0.6) is 5.75 Å². The van der Waals surface area contributed by atoms with Gasteiger partial charge in [-0.15, -0.1) is 0 Å². The average molecular weight is 348 g/mol. The van der Waals surface area contributed by atoms with Gasteiger partial charge in [-0.3, -0.25) is 0 Å². The zero-order chi connectivity index (χ0) is 18.4. The second-order valence-electron chi connectivity index (χ2n) is 6.02. The second kappa shape index (κ2) is 8.34. The Morgan fingerprint density at radius 2 is 1.65 bits per heavy atom. The van der Waals surface area contributed by atoms with Crippen molar-refractivity contribution in [3.8, 4) is 5.75 Å². The molecule has 0 amide bonds. The molecule has 0 radical (unpaired) electrons. The first-order chi connectivity index (χ1) is 12.7. The Morgan fingerprint density at radius 1 is 0.923 bits per heavy atom. The molecule has 2 N–H and O–H groups in total. The molecule has 3 rings (SSSR count). The lowest BCUT2D eigenvalue weighted by molar-refractivity contribution is 0.342. The molecule has 0 aliphatic carbocycles. The van der Waals surface area contributed by atoms with Crippen molar-refractivity contribution < 1.29 is 4.74 Å². The number of nitrogens with zero attached hydrogens (tertiary/aromatic N) is 2. The van der Waals surface area contributed by atoms with Crippen molar-refractivity contribution in [1.82, 2.24) is 9.97 Å². The van der Waals surface area contributed by atoms with Gasteiger partial charge in [0.15, 0.2) is 0 Å². The van der Waals surface area contributed by atoms with Crippen LogP contribution in [0, 0.1) is 13.8 Å². The molecule has 5 nitrogen and oxygen atoms in total. The highest BCUT2D eigenvalue weighted by Gasteiger charge is 2.07. The van der Waals surface area contributed by atoms with Gasteiger partial charge in [0.2, 0.25) is 0 Å². The van der Waals surface area contributed by atoms with Gasteiger partial charge < -0.3 is 15.4 Å². The molecular formula is C21H24N4O. The third kappa shape index (κ3) is 4.51. The number of hydrogen-bond donors (Lipinski definition) is 2. The van der Waals surface area contributed by atoms with Crippen molar-refractivity contribution in [2.24, 2.45) is 0 Å². The number of nitrogens with one attached hydrogen (secondary N) is 2. The van der Waals surface area contributed by atoms with Crippen molar-refractivity contribution in [3.05, 3.63) is 71.5 Å². The van der Waals surface area contributed by atoms with Crippen LogP contribution in [-0.4, -0.2) is 16.6 Å². The van der Waals surface area contributed by atoms with Gasteiger partial charge in [0, 0.05) is 12.6 Å². The molecule has 1 heterocycles. The maximum Gasteiger partial charge on any atom is 0.142 e. The Morgan fingerprint density at radius 3 is 2.46 bits per heavy atom. The first kappa shape index (κ1) is 17.7. The van der Waals surface area contributed by atoms with Crippen LogP contribution < -0.4 is 15.4 Å². The summed E-state index contributed by atoms with van der Waals surface area (Å²) in [6, 6.07) is 18.1. The van der Waals surface area contributed by atoms with E-state index in [0.717, 1.165) is 29.6 Å². The predicted octanol–water partition coefficient (Wildman–Crippen LogP) is 4.85. The predicted molar refractivity (Wildman–Crippen MR) is 106 cm³/mol. The summed E-state index contributed by atoms with van der Waals surface area (Å²) >= 11 is 0. The molecular weight excluding hydrogens is 324 g/mol. The van der Waals surface area contributed by atoms with Crippen LogP contribution in [-0.2, 0) is 6.54 Å². The summed E-state index contributed by atoms with van der Waals surface area (Å²) in [5.74, 6) is 3.03. The molecule has 0 bridgehead atoms. The van der Waals surface area contributed by atoms with E-state index in [-0.39, 0.29) is 0 Å². The Hall–Kier alpha value is -3.08. The lowest BCUT2D eigenvalue weighted by Crippen LogP contribution is -2.06. The number of anilines is 3. The van der Waals surface area contributed by atoms with E-state index < -0.39 is 0 Å². The van der Waals surface area contributed by atoms with E-state index in [1.165, 1.54) is 11.1 Å². The number of hydrogen-bond acceptors (Lipinski definition) is 5. The number of rotatable bonds is 7. The quantitative estimate of drug-likeness (QED) is 0.639. The molecule has 0 saturated heterocycles. The van der Waals surface area contributed by atoms with Crippen molar-refractivity contribution in [3.63, 3.8) is 0 Å². The fourth-order valence-electron chi connectivity index (χ4n) is 2.71. The van der Waals surface area contributed by atoms with Crippen molar-refractivity contribution >= 4 is 17.3 Å². The topological polar surface area (TPSA) is 59.1 Å². The van der Waals surface area contributed by atoms with Gasteiger partial charge in [0.1, 0.15) is 23.2 Å². The Bertz CT molecular complexity index is 879. The molecule has 0 unspecified atom stereocenters. The summed E-state index contributed by atoms with van der Waals surface area (Å²) in [6.45, 7) is 7.31. The lowest BCUT2D eigenvalue weighted by Gasteiger charge is -2.13. The zero-order valence-electron chi connectivity index (χ0n) is 15.4. The number of ether oxygens (including phenoxy) is 1. The van der Waals surface area contributed by atoms with Crippen molar-refractivity contribution in [2.75, 3.05) is 17.2 Å². The van der Waals surface area contributed by atoms with Crippen molar-refractivity contribution in [2.45, 2.75) is 27.3 Å². The highest BCUT2D eigenvalue weighted by molar-refractivity contribution is 5.65. The standard InChI is InChI=1S/C21H24N4O/c1-4-26-19-12-8-7-11-18(19)25-21-13-20(23-16(3)24-21)22-14-17-10-6-5-9-15(17)2/h5-13H,4,14H2,1-3H3,(H2,22,23,24,25). The van der Waals surface area contributed by atoms with Gasteiger partial charge in [-0.2, -0.15) is 0 Å². The smallest absolute Gasteiger partial charge is 0.142 e. The van der Waals surface area contributed by atoms with Crippen LogP contribution >= 0.6 is 0 Å². The van der Waals surface area contributed by atoms with Crippen LogP contribution in [0.3, 0.4) is 0 Å². The van der Waals surface area contributed by atoms with Gasteiger partial charge in [-0.1, -0.05) is 36.4 Å². The highest BCUT2D eigenvalue weighted by Crippen LogP contribution is 2.27. The summed E-state index contributed by atoms with van der Waals surface area (Å²) in [6.07, 6.45) is 0. The summed E-state index contributed by atoms with van der Waals surface area (Å²) in [5.41, 5.74) is 3.40. The third-order valence-electron chi connectivity index (χ3n) is 4.01. The summed E-state index contributed by atoms with van der Waals surface area (Å²) in [5, 5.41) is 6.72. The molecule has 0 saturated carbocycles. The lowest BCUT2D eigenvalue weighted by atomic mass is 10.1. The number of benzene rings is 2. The third-order valence-corrected chi connectivity index (χ3v) is 4.01. The Kier molecular flexibility index (Phi) is 5.69. The van der Waals surface area contributed by atoms with Gasteiger partial charge >= 0.3 is 0 Å². The maximum atomic E-state index is 5.67. The fourth-order valence-corrected chi connectivity index (χ4v) is 2.71. The van der Waals surface area contributed by atoms with E-state index in [1.54, 1.807) is 0 Å². The summed E-state index contributed by atoms with van der Waals surface area (Å²) in [4.78, 5) is 8.97. The molecule has 1 aromatic heterocycles. The molecule has 2 aromatic carbocycles. The summed E-state index contributed by atoms with van der Waals surface area (Å²) in [7, 11) is 0. The minimum absolute atomic E-state index is 0.616. The molecule has 0 fully saturated rings. The number of para-hydroxylation sites is 2. The molecule has 0 spiro atoms. The van der Waals surface area contributed by atoms with Gasteiger partial charge in [-0.05, 0) is 44.0 Å². The largest absolute Gasteiger partial charge is 0.492 e. The molecule has 0 atom stereocenters. The Balaban J connectivity index is 1.77. The first-order valence-corrected chi connectivity index (χ1v) is 8.78. The van der Waals surface area contributed by atoms with Crippen LogP contribution in [0.15, 0.2) is 54.6 Å². The van der Waals surface area contributed by atoms with Crippen molar-refractivity contribution in [1.29, 1.82) is 0 Å². The SMILES string of the molecule is CCOc1ccccc1Nc1cc(NCc2ccccc2C)nc(C)n1. The van der Waals surface area contributed by atoms with Crippen LogP contribution in [0.4, 0.5) is 17.3 Å². The molecule has 5 heteroatoms. The number of aromatic nitrogens is 2. The average Bonchev–Trinajstić information content (AvgIpc) is 2.62. The van der Waals surface area contributed by atoms with Crippen LogP contribution in [0.1, 0.15) is 23.9 Å². The molecule has 26 heavy (non-hydrogen) atoms. The maximum absolute atomic E-state index is 5.67. The molecule has 134 valence electrons. The van der Waals surface area contributed by atoms with E-state index >= 15 is 0 Å². The van der Waals surface area contributed by atoms with Gasteiger partial charge in [0.25, 0.3) is 0 Å². The second-order valence-corrected chi connectivity index (χ2v) is 6.02. The minimum Gasteiger partial charge on any atom is -0.492 e. The van der Waals surface area contributed by atoms with E-state index in [1.807, 2.05) is 56.3 Å². The molecule has 0 aliphatic rings. The van der Waals surface area contributed by atoms with E-state index in [2.05, 4.69) is 39.7 Å². The van der Waals surface area contributed by atoms with E-state index in [4.69, 9.17) is 4.74 Å². The highest BCUT2D eigenvalue weighted by atomic mass is 16.5. The number of aryl methyl sites for hydroxylation is 2. The monoisotopic (exact) mass is 348 g/mol. The normalized spacial score (nSPS) is 10.4.